The first-order chi connectivity index (χ1) is 12.9. The number of nitrogens with one attached hydrogen (secondary N) is 1. The molecule has 3 rings (SSSR count). The topological polar surface area (TPSA) is 47.0 Å². The van der Waals surface area contributed by atoms with Crippen LogP contribution in [0.15, 0.2) is 40.3 Å². The molecule has 1 aliphatic rings. The van der Waals surface area contributed by atoms with Gasteiger partial charge in [-0.05, 0) is 49.1 Å². The van der Waals surface area contributed by atoms with Gasteiger partial charge in [0.1, 0.15) is 16.6 Å². The van der Waals surface area contributed by atoms with E-state index in [4.69, 9.17) is 0 Å². The lowest BCUT2D eigenvalue weighted by molar-refractivity contribution is -0.274. The highest BCUT2D eigenvalue weighted by atomic mass is 32.2. The van der Waals surface area contributed by atoms with Crippen LogP contribution in [0.5, 0.6) is 5.75 Å². The first-order valence-corrected chi connectivity index (χ1v) is 9.58. The van der Waals surface area contributed by atoms with E-state index in [0.717, 1.165) is 41.2 Å². The summed E-state index contributed by atoms with van der Waals surface area (Å²) in [5, 5.41) is 6.24. The molecule has 0 spiro atoms. The van der Waals surface area contributed by atoms with E-state index in [9.17, 15) is 13.2 Å². The summed E-state index contributed by atoms with van der Waals surface area (Å²) in [4.78, 5) is 9.33. The predicted molar refractivity (Wildman–Crippen MR) is 99.5 cm³/mol. The van der Waals surface area contributed by atoms with Crippen molar-refractivity contribution in [1.82, 2.24) is 15.3 Å². The Hall–Kier alpha value is -2.06. The Labute approximate surface area is 160 Å². The van der Waals surface area contributed by atoms with Crippen LogP contribution < -0.4 is 10.1 Å². The minimum Gasteiger partial charge on any atom is -0.406 e. The van der Waals surface area contributed by atoms with Gasteiger partial charge in [-0.15, -0.1) is 13.2 Å². The molecule has 0 saturated carbocycles. The molecule has 0 radical (unpaired) electrons. The zero-order valence-corrected chi connectivity index (χ0v) is 15.9. The molecule has 0 saturated heterocycles. The lowest BCUT2D eigenvalue weighted by Crippen LogP contribution is -2.17. The molecule has 4 nitrogen and oxygen atoms in total. The van der Waals surface area contributed by atoms with E-state index >= 15 is 0 Å². The summed E-state index contributed by atoms with van der Waals surface area (Å²) in [6, 6.07) is 5.84. The molecule has 1 aromatic heterocycles. The number of ether oxygens (including phenoxy) is 1. The third kappa shape index (κ3) is 5.01. The third-order valence-corrected chi connectivity index (χ3v) is 5.12. The third-order valence-electron chi connectivity index (χ3n) is 4.11. The maximum absolute atomic E-state index is 12.4. The molecule has 1 aromatic carbocycles. The predicted octanol–water partition coefficient (Wildman–Crippen LogP) is 5.09. The van der Waals surface area contributed by atoms with Crippen LogP contribution in [-0.2, 0) is 13.0 Å². The van der Waals surface area contributed by atoms with Crippen LogP contribution in [0, 0.1) is 0 Å². The number of alkyl halides is 3. The Bertz CT molecular complexity index is 835. The molecule has 1 N–H and O–H groups in total. The number of rotatable bonds is 6. The monoisotopic (exact) mass is 395 g/mol. The van der Waals surface area contributed by atoms with Crippen molar-refractivity contribution >= 4 is 11.8 Å². The number of aromatic nitrogens is 2. The van der Waals surface area contributed by atoms with E-state index in [0.29, 0.717) is 12.4 Å². The van der Waals surface area contributed by atoms with Gasteiger partial charge in [-0.3, -0.25) is 0 Å². The quantitative estimate of drug-likeness (QED) is 0.690. The minimum atomic E-state index is -4.70. The number of allylic oxidation sites excluding steroid dienone is 1. The Morgan fingerprint density at radius 2 is 1.89 bits per heavy atom. The molecule has 144 valence electrons. The van der Waals surface area contributed by atoms with Crippen LogP contribution in [0.2, 0.25) is 0 Å². The van der Waals surface area contributed by atoms with E-state index in [-0.39, 0.29) is 5.75 Å². The average Bonchev–Trinajstić information content (AvgIpc) is 2.64. The molecule has 0 unspecified atom stereocenters. The van der Waals surface area contributed by atoms with Gasteiger partial charge in [-0.1, -0.05) is 31.2 Å². The molecule has 2 aromatic rings. The van der Waals surface area contributed by atoms with Gasteiger partial charge in [-0.25, -0.2) is 9.97 Å². The van der Waals surface area contributed by atoms with Crippen LogP contribution in [0.4, 0.5) is 13.2 Å². The number of hydrogen-bond donors (Lipinski definition) is 1. The number of thioether (sulfide) groups is 1. The van der Waals surface area contributed by atoms with Crippen LogP contribution >= 0.6 is 11.8 Å². The molecular formula is C19H20F3N3OS. The molecule has 8 heteroatoms. The van der Waals surface area contributed by atoms with Gasteiger partial charge in [0, 0.05) is 11.1 Å². The highest BCUT2D eigenvalue weighted by Gasteiger charge is 2.31. The van der Waals surface area contributed by atoms with Gasteiger partial charge in [0.25, 0.3) is 0 Å². The fraction of sp³-hybridized carbons (Fsp3) is 0.368. The summed E-state index contributed by atoms with van der Waals surface area (Å²) in [7, 11) is 0. The lowest BCUT2D eigenvalue weighted by atomic mass is 10.00. The van der Waals surface area contributed by atoms with Crippen molar-refractivity contribution < 1.29 is 17.9 Å². The SMILES string of the molecule is CCNCc1nc2c(c(-c3ccc(OC(F)(F)F)cc3)n1)CC(CC)=CS2. The number of benzene rings is 1. The second-order valence-corrected chi connectivity index (χ2v) is 6.91. The minimum absolute atomic E-state index is 0.245. The van der Waals surface area contributed by atoms with Gasteiger partial charge >= 0.3 is 6.36 Å². The molecule has 0 bridgehead atoms. The highest BCUT2D eigenvalue weighted by molar-refractivity contribution is 8.02. The Morgan fingerprint density at radius 3 is 2.52 bits per heavy atom. The summed E-state index contributed by atoms with van der Waals surface area (Å²) in [5.41, 5.74) is 3.81. The molecule has 0 aliphatic carbocycles. The number of hydrogen-bond acceptors (Lipinski definition) is 5. The lowest BCUT2D eigenvalue weighted by Gasteiger charge is -2.19. The van der Waals surface area contributed by atoms with Crippen molar-refractivity contribution in [1.29, 1.82) is 0 Å². The Kier molecular flexibility index (Phi) is 6.06. The fourth-order valence-corrected chi connectivity index (χ4v) is 3.75. The standard InChI is InChI=1S/C19H20F3N3OS/c1-3-12-9-15-17(13-5-7-14(8-6-13)26-19(20,21)22)24-16(10-23-4-2)25-18(15)27-11-12/h5-8,11,23H,3-4,9-10H2,1-2H3. The largest absolute Gasteiger partial charge is 0.573 e. The summed E-state index contributed by atoms with van der Waals surface area (Å²) < 4.78 is 41.1. The molecule has 0 amide bonds. The van der Waals surface area contributed by atoms with Crippen molar-refractivity contribution in [3.63, 3.8) is 0 Å². The van der Waals surface area contributed by atoms with Gasteiger partial charge in [0.15, 0.2) is 0 Å². The van der Waals surface area contributed by atoms with Gasteiger partial charge in [0.05, 0.1) is 12.2 Å². The average molecular weight is 395 g/mol. The fourth-order valence-electron chi connectivity index (χ4n) is 2.75. The summed E-state index contributed by atoms with van der Waals surface area (Å²) in [6.45, 7) is 5.44. The second kappa shape index (κ2) is 8.31. The van der Waals surface area contributed by atoms with E-state index in [2.05, 4.69) is 32.4 Å². The van der Waals surface area contributed by atoms with E-state index < -0.39 is 6.36 Å². The normalized spacial score (nSPS) is 13.9. The Morgan fingerprint density at radius 1 is 1.15 bits per heavy atom. The van der Waals surface area contributed by atoms with Crippen LogP contribution in [-0.4, -0.2) is 22.9 Å². The number of nitrogens with zero attached hydrogens (tertiary/aromatic N) is 2. The summed E-state index contributed by atoms with van der Waals surface area (Å²) in [5.74, 6) is 0.424. The van der Waals surface area contributed by atoms with Crippen LogP contribution in [0.25, 0.3) is 11.3 Å². The van der Waals surface area contributed by atoms with Gasteiger partial charge < -0.3 is 10.1 Å². The van der Waals surface area contributed by atoms with Crippen molar-refractivity contribution in [2.75, 3.05) is 6.54 Å². The molecule has 2 heterocycles. The first-order valence-electron chi connectivity index (χ1n) is 8.71. The Balaban J connectivity index is 1.98. The zero-order chi connectivity index (χ0) is 19.4. The number of fused-ring (bicyclic) bond motifs is 1. The number of halogens is 3. The molecule has 27 heavy (non-hydrogen) atoms. The second-order valence-electron chi connectivity index (χ2n) is 6.05. The molecular weight excluding hydrogens is 375 g/mol. The van der Waals surface area contributed by atoms with Crippen LogP contribution in [0.3, 0.4) is 0 Å². The zero-order valence-electron chi connectivity index (χ0n) is 15.1. The van der Waals surface area contributed by atoms with Crippen molar-refractivity contribution in [3.8, 4) is 17.0 Å². The van der Waals surface area contributed by atoms with Gasteiger partial charge in [0.2, 0.25) is 0 Å². The smallest absolute Gasteiger partial charge is 0.406 e. The van der Waals surface area contributed by atoms with E-state index in [1.807, 2.05) is 6.92 Å². The molecule has 0 fully saturated rings. The molecule has 1 aliphatic heterocycles. The van der Waals surface area contributed by atoms with Crippen molar-refractivity contribution in [2.24, 2.45) is 0 Å². The van der Waals surface area contributed by atoms with E-state index in [1.165, 1.54) is 17.7 Å². The van der Waals surface area contributed by atoms with Gasteiger partial charge in [-0.2, -0.15) is 0 Å². The maximum Gasteiger partial charge on any atom is 0.573 e. The molecule has 0 atom stereocenters. The maximum atomic E-state index is 12.4. The first kappa shape index (κ1) is 19.7. The highest BCUT2D eigenvalue weighted by Crippen LogP contribution is 2.37. The van der Waals surface area contributed by atoms with Crippen LogP contribution in [0.1, 0.15) is 31.7 Å². The van der Waals surface area contributed by atoms with Crippen molar-refractivity contribution in [2.45, 2.75) is 44.6 Å². The summed E-state index contributed by atoms with van der Waals surface area (Å²) in [6.07, 6.45) is -3.02. The van der Waals surface area contributed by atoms with E-state index in [1.54, 1.807) is 23.9 Å². The summed E-state index contributed by atoms with van der Waals surface area (Å²) >= 11 is 1.57. The van der Waals surface area contributed by atoms with Crippen molar-refractivity contribution in [3.05, 3.63) is 46.6 Å².